The lowest BCUT2D eigenvalue weighted by Gasteiger charge is -2.15. The van der Waals surface area contributed by atoms with Crippen LogP contribution in [-0.4, -0.2) is 52.9 Å². The van der Waals surface area contributed by atoms with E-state index >= 15 is 0 Å². The van der Waals surface area contributed by atoms with E-state index in [1.807, 2.05) is 43.3 Å². The van der Waals surface area contributed by atoms with E-state index in [1.165, 1.54) is 16.4 Å². The Labute approximate surface area is 203 Å². The highest BCUT2D eigenvalue weighted by Crippen LogP contribution is 2.23. The Morgan fingerprint density at radius 3 is 2.46 bits per heavy atom. The standard InChI is InChI=1S/C25H25N5O4S/c1-18-15-22(19-7-3-2-4-8-19)27-23-16-25(28-30(18)23)34-17-24(31)26-20-9-11-21(12-10-20)35(32,33)29-13-5-6-14-29/h2-4,7-12,15-16H,5-6,13-14,17H2,1H3,(H,26,31). The monoisotopic (exact) mass is 491 g/mol. The fraction of sp³-hybridized carbons (Fsp3) is 0.240. The fourth-order valence-corrected chi connectivity index (χ4v) is 5.57. The highest BCUT2D eigenvalue weighted by Gasteiger charge is 2.27. The number of hydrogen-bond donors (Lipinski definition) is 1. The summed E-state index contributed by atoms with van der Waals surface area (Å²) in [7, 11) is -3.49. The average Bonchev–Trinajstić information content (AvgIpc) is 3.55. The van der Waals surface area contributed by atoms with Crippen LogP contribution in [0.1, 0.15) is 18.5 Å². The first-order valence-corrected chi connectivity index (χ1v) is 12.8. The zero-order valence-electron chi connectivity index (χ0n) is 19.2. The predicted octanol–water partition coefficient (Wildman–Crippen LogP) is 3.51. The molecular formula is C25H25N5O4S. The first kappa shape index (κ1) is 23.0. The van der Waals surface area contributed by atoms with Crippen molar-refractivity contribution in [2.24, 2.45) is 0 Å². The van der Waals surface area contributed by atoms with Gasteiger partial charge in [-0.25, -0.2) is 17.9 Å². The molecule has 1 aliphatic heterocycles. The molecule has 1 aliphatic rings. The van der Waals surface area contributed by atoms with Crippen LogP contribution in [0.4, 0.5) is 5.69 Å². The number of ether oxygens (including phenoxy) is 1. The molecule has 2 aromatic heterocycles. The Kier molecular flexibility index (Phi) is 6.23. The Bertz CT molecular complexity index is 1460. The summed E-state index contributed by atoms with van der Waals surface area (Å²) in [6.07, 6.45) is 1.76. The molecule has 4 aromatic rings. The van der Waals surface area contributed by atoms with Gasteiger partial charge in [-0.15, -0.1) is 5.10 Å². The van der Waals surface area contributed by atoms with Crippen molar-refractivity contribution in [1.82, 2.24) is 18.9 Å². The number of sulfonamides is 1. The van der Waals surface area contributed by atoms with Gasteiger partial charge in [-0.05, 0) is 50.1 Å². The molecule has 1 N–H and O–H groups in total. The molecule has 0 atom stereocenters. The minimum absolute atomic E-state index is 0.219. The van der Waals surface area contributed by atoms with Crippen LogP contribution in [0.3, 0.4) is 0 Å². The third-order valence-corrected chi connectivity index (χ3v) is 7.76. The second-order valence-electron chi connectivity index (χ2n) is 8.37. The van der Waals surface area contributed by atoms with Gasteiger partial charge in [-0.1, -0.05) is 30.3 Å². The first-order valence-electron chi connectivity index (χ1n) is 11.4. The van der Waals surface area contributed by atoms with E-state index in [4.69, 9.17) is 4.74 Å². The maximum atomic E-state index is 12.6. The molecule has 5 rings (SSSR count). The van der Waals surface area contributed by atoms with Crippen LogP contribution in [0.25, 0.3) is 16.9 Å². The van der Waals surface area contributed by atoms with E-state index in [-0.39, 0.29) is 23.3 Å². The zero-order valence-corrected chi connectivity index (χ0v) is 20.0. The van der Waals surface area contributed by atoms with E-state index in [9.17, 15) is 13.2 Å². The largest absolute Gasteiger partial charge is 0.466 e. The van der Waals surface area contributed by atoms with Crippen LogP contribution < -0.4 is 10.1 Å². The van der Waals surface area contributed by atoms with Crippen LogP contribution in [0.2, 0.25) is 0 Å². The van der Waals surface area contributed by atoms with Gasteiger partial charge in [0.15, 0.2) is 12.3 Å². The third-order valence-electron chi connectivity index (χ3n) is 5.84. The number of amides is 1. The van der Waals surface area contributed by atoms with Crippen LogP contribution in [0, 0.1) is 6.92 Å². The quantitative estimate of drug-likeness (QED) is 0.424. The molecule has 0 radical (unpaired) electrons. The molecule has 9 nitrogen and oxygen atoms in total. The molecule has 1 amide bonds. The van der Waals surface area contributed by atoms with Crippen LogP contribution in [0.15, 0.2) is 71.6 Å². The van der Waals surface area contributed by atoms with E-state index in [0.29, 0.717) is 24.4 Å². The number of aryl methyl sites for hydroxylation is 1. The molecule has 1 saturated heterocycles. The number of benzene rings is 2. The van der Waals surface area contributed by atoms with Crippen molar-refractivity contribution < 1.29 is 17.9 Å². The third kappa shape index (κ3) is 4.89. The molecule has 0 spiro atoms. The fourth-order valence-electron chi connectivity index (χ4n) is 4.06. The summed E-state index contributed by atoms with van der Waals surface area (Å²) in [6.45, 7) is 2.77. The summed E-state index contributed by atoms with van der Waals surface area (Å²) in [6, 6.07) is 19.6. The topological polar surface area (TPSA) is 106 Å². The second-order valence-corrected chi connectivity index (χ2v) is 10.3. The lowest BCUT2D eigenvalue weighted by molar-refractivity contribution is -0.118. The van der Waals surface area contributed by atoms with Gasteiger partial charge in [0.1, 0.15) is 0 Å². The number of carbonyl (C=O) groups is 1. The Hall–Kier alpha value is -3.76. The van der Waals surface area contributed by atoms with Gasteiger partial charge in [0.05, 0.1) is 10.6 Å². The van der Waals surface area contributed by atoms with Gasteiger partial charge in [0.2, 0.25) is 15.9 Å². The normalized spacial score (nSPS) is 14.3. The SMILES string of the molecule is Cc1cc(-c2ccccc2)nc2cc(OCC(=O)Nc3ccc(S(=O)(=O)N4CCCC4)cc3)nn12. The highest BCUT2D eigenvalue weighted by atomic mass is 32.2. The van der Waals surface area contributed by atoms with Gasteiger partial charge in [-0.3, -0.25) is 4.79 Å². The number of anilines is 1. The molecule has 2 aromatic carbocycles. The van der Waals surface area contributed by atoms with Crippen molar-refractivity contribution in [3.63, 3.8) is 0 Å². The minimum Gasteiger partial charge on any atom is -0.466 e. The number of aromatic nitrogens is 3. The van der Waals surface area contributed by atoms with E-state index in [2.05, 4.69) is 15.4 Å². The summed E-state index contributed by atoms with van der Waals surface area (Å²) >= 11 is 0. The van der Waals surface area contributed by atoms with E-state index in [1.54, 1.807) is 22.7 Å². The van der Waals surface area contributed by atoms with Gasteiger partial charge in [0.25, 0.3) is 5.91 Å². The van der Waals surface area contributed by atoms with Gasteiger partial charge < -0.3 is 10.1 Å². The van der Waals surface area contributed by atoms with Crippen molar-refractivity contribution in [3.05, 3.63) is 72.4 Å². The number of carbonyl (C=O) groups excluding carboxylic acids is 1. The molecule has 0 bridgehead atoms. The first-order chi connectivity index (χ1) is 16.9. The van der Waals surface area contributed by atoms with Gasteiger partial charge >= 0.3 is 0 Å². The number of nitrogens with zero attached hydrogens (tertiary/aromatic N) is 4. The maximum Gasteiger partial charge on any atom is 0.262 e. The molecule has 35 heavy (non-hydrogen) atoms. The Balaban J connectivity index is 1.22. The summed E-state index contributed by atoms with van der Waals surface area (Å²) in [5.41, 5.74) is 3.82. The number of nitrogens with one attached hydrogen (secondary N) is 1. The molecule has 10 heteroatoms. The molecular weight excluding hydrogens is 466 g/mol. The van der Waals surface area contributed by atoms with Crippen molar-refractivity contribution in [2.45, 2.75) is 24.7 Å². The summed E-state index contributed by atoms with van der Waals surface area (Å²) in [4.78, 5) is 17.2. The number of rotatable bonds is 7. The van der Waals surface area contributed by atoms with Gasteiger partial charge in [-0.2, -0.15) is 4.31 Å². The highest BCUT2D eigenvalue weighted by molar-refractivity contribution is 7.89. The van der Waals surface area contributed by atoms with Gasteiger partial charge in [0, 0.05) is 36.1 Å². The molecule has 0 saturated carbocycles. The smallest absolute Gasteiger partial charge is 0.262 e. The van der Waals surface area contributed by atoms with Crippen molar-refractivity contribution >= 4 is 27.3 Å². The second kappa shape index (κ2) is 9.47. The summed E-state index contributed by atoms with van der Waals surface area (Å²) in [5.74, 6) is -0.0973. The number of fused-ring (bicyclic) bond motifs is 1. The number of hydrogen-bond acceptors (Lipinski definition) is 6. The maximum absolute atomic E-state index is 12.6. The van der Waals surface area contributed by atoms with Crippen LogP contribution in [-0.2, 0) is 14.8 Å². The zero-order chi connectivity index (χ0) is 24.4. The predicted molar refractivity (Wildman–Crippen MR) is 132 cm³/mol. The van der Waals surface area contributed by atoms with Crippen molar-refractivity contribution in [2.75, 3.05) is 25.0 Å². The van der Waals surface area contributed by atoms with Crippen molar-refractivity contribution in [3.8, 4) is 17.1 Å². The van der Waals surface area contributed by atoms with E-state index < -0.39 is 10.0 Å². The van der Waals surface area contributed by atoms with Crippen molar-refractivity contribution in [1.29, 1.82) is 0 Å². The molecule has 180 valence electrons. The molecule has 0 unspecified atom stereocenters. The van der Waals surface area contributed by atoms with Crippen LogP contribution in [0.5, 0.6) is 5.88 Å². The van der Waals surface area contributed by atoms with Crippen LogP contribution >= 0.6 is 0 Å². The lowest BCUT2D eigenvalue weighted by atomic mass is 10.1. The van der Waals surface area contributed by atoms with E-state index in [0.717, 1.165) is 29.8 Å². The molecule has 0 aliphatic carbocycles. The lowest BCUT2D eigenvalue weighted by Crippen LogP contribution is -2.27. The minimum atomic E-state index is -3.49. The average molecular weight is 492 g/mol. The summed E-state index contributed by atoms with van der Waals surface area (Å²) < 4.78 is 34.0. The molecule has 3 heterocycles. The molecule has 1 fully saturated rings. The summed E-state index contributed by atoms with van der Waals surface area (Å²) in [5, 5.41) is 7.10. The Morgan fingerprint density at radius 2 is 1.74 bits per heavy atom. The Morgan fingerprint density at radius 1 is 1.03 bits per heavy atom.